The summed E-state index contributed by atoms with van der Waals surface area (Å²) < 4.78 is 71.4. The molecule has 16 heteroatoms. The summed E-state index contributed by atoms with van der Waals surface area (Å²) in [4.78, 5) is 43.8. The number of aliphatic hydroxyl groups excluding tert-OH is 1. The Morgan fingerprint density at radius 3 is 2.49 bits per heavy atom. The number of benzene rings is 1. The molecule has 206 valence electrons. The minimum absolute atomic E-state index is 0.00666. The Kier molecular flexibility index (Phi) is 7.19. The summed E-state index contributed by atoms with van der Waals surface area (Å²) in [5.41, 5.74) is 0.797. The lowest BCUT2D eigenvalue weighted by molar-refractivity contribution is -0.223. The van der Waals surface area contributed by atoms with Crippen LogP contribution in [-0.4, -0.2) is 72.9 Å². The monoisotopic (exact) mass is 587 g/mol. The Bertz CT molecular complexity index is 1410. The molecule has 0 radical (unpaired) electrons. The van der Waals surface area contributed by atoms with Crippen LogP contribution in [0.15, 0.2) is 40.2 Å². The first kappa shape index (κ1) is 27.2. The van der Waals surface area contributed by atoms with Crippen LogP contribution in [0.25, 0.3) is 0 Å². The van der Waals surface area contributed by atoms with E-state index in [4.69, 9.17) is 0 Å². The third-order valence-corrected chi connectivity index (χ3v) is 8.01. The highest BCUT2D eigenvalue weighted by atomic mass is 32.2. The molecule has 0 aliphatic carbocycles. The van der Waals surface area contributed by atoms with Crippen LogP contribution in [-0.2, 0) is 10.5 Å². The largest absolute Gasteiger partial charge is 0.402 e. The smallest absolute Gasteiger partial charge is 0.391 e. The fourth-order valence-electron chi connectivity index (χ4n) is 4.38. The summed E-state index contributed by atoms with van der Waals surface area (Å²) in [5.74, 6) is -7.11. The van der Waals surface area contributed by atoms with Crippen molar-refractivity contribution in [2.45, 2.75) is 35.5 Å². The van der Waals surface area contributed by atoms with Gasteiger partial charge in [0.05, 0.1) is 11.6 Å². The number of hydrogen-bond donors (Lipinski definition) is 1. The van der Waals surface area contributed by atoms with Crippen molar-refractivity contribution in [3.05, 3.63) is 63.7 Å². The van der Waals surface area contributed by atoms with Crippen molar-refractivity contribution in [3.63, 3.8) is 0 Å². The van der Waals surface area contributed by atoms with Crippen molar-refractivity contribution in [1.29, 1.82) is 0 Å². The zero-order valence-electron chi connectivity index (χ0n) is 19.6. The van der Waals surface area contributed by atoms with Crippen LogP contribution < -0.4 is 0 Å². The summed E-state index contributed by atoms with van der Waals surface area (Å²) >= 11 is 1.77. The zero-order chi connectivity index (χ0) is 28.1. The highest BCUT2D eigenvalue weighted by Crippen LogP contribution is 2.50. The molecule has 9 nitrogen and oxygen atoms in total. The SMILES string of the molecule is O=C1C(C(F)(F)F)C(c2nn(C(=O)c3cscn3)c(SCc3ccc(F)cc3)c2F)N1C(=O)N1CCC(O)C1. The van der Waals surface area contributed by atoms with E-state index in [2.05, 4.69) is 10.1 Å². The number of imide groups is 1. The normalized spacial score (nSPS) is 21.4. The maximum absolute atomic E-state index is 15.9. The zero-order valence-corrected chi connectivity index (χ0v) is 21.3. The molecule has 2 saturated heterocycles. The number of β-lactam (4-membered cyclic amide) rings is 1. The summed E-state index contributed by atoms with van der Waals surface area (Å²) in [6.07, 6.45) is -5.89. The molecule has 3 amide bonds. The maximum atomic E-state index is 15.9. The van der Waals surface area contributed by atoms with Gasteiger partial charge < -0.3 is 10.0 Å². The van der Waals surface area contributed by atoms with Gasteiger partial charge in [0.2, 0.25) is 5.91 Å². The number of thioether (sulfide) groups is 1. The van der Waals surface area contributed by atoms with Crippen molar-refractivity contribution < 1.29 is 41.4 Å². The first-order valence-electron chi connectivity index (χ1n) is 11.4. The van der Waals surface area contributed by atoms with Crippen LogP contribution in [0.3, 0.4) is 0 Å². The standard InChI is InChI=1S/C23H18F5N5O4S2/c24-12-3-1-11(2-4-12)8-39-21-16(25)17(30-33(21)19(35)14-9-38-10-29-14)18-15(23(26,27)28)20(36)32(18)22(37)31-6-5-13(34)7-31/h1-4,9-10,13,15,18,34H,5-8H2. The third-order valence-electron chi connectivity index (χ3n) is 6.32. The van der Waals surface area contributed by atoms with Crippen molar-refractivity contribution in [2.75, 3.05) is 13.1 Å². The van der Waals surface area contributed by atoms with E-state index in [1.54, 1.807) is 0 Å². The number of amides is 3. The lowest BCUT2D eigenvalue weighted by Gasteiger charge is -2.46. The quantitative estimate of drug-likeness (QED) is 0.275. The van der Waals surface area contributed by atoms with E-state index in [0.717, 1.165) is 28.0 Å². The topological polar surface area (TPSA) is 109 Å². The number of likely N-dealkylation sites (tertiary alicyclic amines) is 2. The summed E-state index contributed by atoms with van der Waals surface area (Å²) in [5, 5.41) is 14.5. The molecular formula is C23H18F5N5O4S2. The van der Waals surface area contributed by atoms with E-state index in [-0.39, 0.29) is 35.9 Å². The van der Waals surface area contributed by atoms with Gasteiger partial charge in [0.15, 0.2) is 11.7 Å². The Balaban J connectivity index is 1.55. The minimum atomic E-state index is -5.14. The fourth-order valence-corrected chi connectivity index (χ4v) is 5.88. The molecule has 39 heavy (non-hydrogen) atoms. The number of urea groups is 1. The molecule has 5 rings (SSSR count). The summed E-state index contributed by atoms with van der Waals surface area (Å²) in [7, 11) is 0. The molecule has 2 aliphatic heterocycles. The van der Waals surface area contributed by atoms with Crippen molar-refractivity contribution in [3.8, 4) is 0 Å². The molecule has 3 atom stereocenters. The molecular weight excluding hydrogens is 569 g/mol. The van der Waals surface area contributed by atoms with Crippen LogP contribution in [0.5, 0.6) is 0 Å². The van der Waals surface area contributed by atoms with Crippen LogP contribution >= 0.6 is 23.1 Å². The fraction of sp³-hybridized carbons (Fsp3) is 0.348. The van der Waals surface area contributed by atoms with E-state index in [0.29, 0.717) is 10.2 Å². The molecule has 0 saturated carbocycles. The van der Waals surface area contributed by atoms with Gasteiger partial charge >= 0.3 is 12.2 Å². The number of aromatic nitrogens is 3. The Morgan fingerprint density at radius 1 is 1.18 bits per heavy atom. The Labute approximate surface area is 225 Å². The molecule has 2 aromatic heterocycles. The van der Waals surface area contributed by atoms with Gasteiger partial charge in [0.1, 0.15) is 28.3 Å². The van der Waals surface area contributed by atoms with E-state index in [9.17, 15) is 37.1 Å². The Morgan fingerprint density at radius 2 is 1.90 bits per heavy atom. The minimum Gasteiger partial charge on any atom is -0.391 e. The van der Waals surface area contributed by atoms with E-state index in [1.807, 2.05) is 0 Å². The second kappa shape index (κ2) is 10.3. The number of thiazole rings is 1. The van der Waals surface area contributed by atoms with Gasteiger partial charge in [0, 0.05) is 24.2 Å². The van der Waals surface area contributed by atoms with Gasteiger partial charge in [-0.15, -0.1) is 11.3 Å². The number of carbonyl (C=O) groups excluding carboxylic acids is 3. The Hall–Kier alpha value is -3.37. The highest BCUT2D eigenvalue weighted by Gasteiger charge is 2.66. The molecule has 4 heterocycles. The lowest BCUT2D eigenvalue weighted by Crippen LogP contribution is -2.64. The van der Waals surface area contributed by atoms with Crippen molar-refractivity contribution in [1.82, 2.24) is 24.6 Å². The molecule has 0 bridgehead atoms. The molecule has 2 fully saturated rings. The van der Waals surface area contributed by atoms with Gasteiger partial charge in [-0.05, 0) is 24.1 Å². The van der Waals surface area contributed by atoms with Gasteiger partial charge in [0.25, 0.3) is 5.91 Å². The highest BCUT2D eigenvalue weighted by molar-refractivity contribution is 7.98. The average Bonchev–Trinajstić information content (AvgIpc) is 3.62. The number of alkyl halides is 3. The number of aliphatic hydroxyl groups is 1. The van der Waals surface area contributed by atoms with Gasteiger partial charge in [-0.1, -0.05) is 23.9 Å². The van der Waals surface area contributed by atoms with E-state index in [1.165, 1.54) is 35.2 Å². The van der Waals surface area contributed by atoms with Crippen LogP contribution in [0.1, 0.15) is 34.2 Å². The molecule has 1 aromatic carbocycles. The summed E-state index contributed by atoms with van der Waals surface area (Å²) in [6, 6.07) is 1.88. The molecule has 3 aromatic rings. The van der Waals surface area contributed by atoms with Crippen LogP contribution in [0, 0.1) is 17.6 Å². The predicted octanol–water partition coefficient (Wildman–Crippen LogP) is 3.85. The first-order valence-corrected chi connectivity index (χ1v) is 13.4. The van der Waals surface area contributed by atoms with Crippen molar-refractivity contribution in [2.24, 2.45) is 5.92 Å². The molecule has 2 aliphatic rings. The lowest BCUT2D eigenvalue weighted by atomic mass is 9.84. The van der Waals surface area contributed by atoms with E-state index >= 15 is 4.39 Å². The number of halogens is 5. The number of carbonyl (C=O) groups is 3. The van der Waals surface area contributed by atoms with Crippen molar-refractivity contribution >= 4 is 40.9 Å². The van der Waals surface area contributed by atoms with Gasteiger partial charge in [-0.2, -0.15) is 23.0 Å². The summed E-state index contributed by atoms with van der Waals surface area (Å²) in [6.45, 7) is -0.213. The number of β-amino-alcohol motifs (C(OH)–C–C–N with tert-alkyl or cyclic N) is 1. The predicted molar refractivity (Wildman–Crippen MR) is 127 cm³/mol. The number of nitrogens with zero attached hydrogens (tertiary/aromatic N) is 5. The third kappa shape index (κ3) is 5.03. The maximum Gasteiger partial charge on any atom is 0.402 e. The van der Waals surface area contributed by atoms with Gasteiger partial charge in [-0.25, -0.2) is 18.6 Å². The number of rotatable bonds is 5. The second-order valence-corrected chi connectivity index (χ2v) is 10.5. The molecule has 3 unspecified atom stereocenters. The van der Waals surface area contributed by atoms with Crippen LogP contribution in [0.2, 0.25) is 0 Å². The van der Waals surface area contributed by atoms with Crippen LogP contribution in [0.4, 0.5) is 26.7 Å². The van der Waals surface area contributed by atoms with Gasteiger partial charge in [-0.3, -0.25) is 14.5 Å². The molecule has 0 spiro atoms. The second-order valence-electron chi connectivity index (χ2n) is 8.85. The number of hydrogen-bond acceptors (Lipinski definition) is 8. The van der Waals surface area contributed by atoms with E-state index < -0.39 is 64.4 Å². The first-order chi connectivity index (χ1) is 18.5. The molecule has 1 N–H and O–H groups in total. The average molecular weight is 588 g/mol.